The highest BCUT2D eigenvalue weighted by atomic mass is 32.1. The second-order valence-corrected chi connectivity index (χ2v) is 5.32. The molecular formula is C12H16N2O3S. The summed E-state index contributed by atoms with van der Waals surface area (Å²) in [4.78, 5) is 24.3. The summed E-state index contributed by atoms with van der Waals surface area (Å²) in [6, 6.07) is 3.34. The lowest BCUT2D eigenvalue weighted by Gasteiger charge is -2.17. The number of carbonyl (C=O) groups excluding carboxylic acids is 2. The number of Topliss-reactive ketones (excluding diaryl/α,β-unsaturated/α-hetero) is 1. The molecule has 1 amide bonds. The molecule has 98 valence electrons. The number of thiophene rings is 1. The first-order valence-electron chi connectivity index (χ1n) is 5.77. The molecule has 0 aliphatic carbocycles. The molecule has 6 heteroatoms. The Bertz CT molecular complexity index is 458. The van der Waals surface area contributed by atoms with E-state index < -0.39 is 0 Å². The van der Waals surface area contributed by atoms with Gasteiger partial charge in [0.1, 0.15) is 0 Å². The van der Waals surface area contributed by atoms with Gasteiger partial charge in [-0.2, -0.15) is 0 Å². The fourth-order valence-electron chi connectivity index (χ4n) is 1.94. The van der Waals surface area contributed by atoms with E-state index >= 15 is 0 Å². The van der Waals surface area contributed by atoms with Crippen LogP contribution in [0.5, 0.6) is 0 Å². The van der Waals surface area contributed by atoms with Gasteiger partial charge in [0.05, 0.1) is 21.9 Å². The third-order valence-electron chi connectivity index (χ3n) is 2.95. The van der Waals surface area contributed by atoms with Crippen molar-refractivity contribution >= 4 is 23.0 Å². The Kier molecular flexibility index (Phi) is 4.11. The average molecular weight is 268 g/mol. The Morgan fingerprint density at radius 1 is 1.39 bits per heavy atom. The summed E-state index contributed by atoms with van der Waals surface area (Å²) in [6.07, 6.45) is 0.00110. The number of rotatable bonds is 4. The molecule has 0 saturated carbocycles. The zero-order chi connectivity index (χ0) is 13.1. The Balaban J connectivity index is 2.00. The topological polar surface area (TPSA) is 67.4 Å². The fraction of sp³-hybridized carbons (Fsp3) is 0.500. The van der Waals surface area contributed by atoms with E-state index in [0.29, 0.717) is 16.3 Å². The first-order valence-corrected chi connectivity index (χ1v) is 6.58. The SMILES string of the molecule is CO[C@H]1CNC[C@@H]1NC(=O)c1ccc(C(C)=O)s1. The van der Waals surface area contributed by atoms with Crippen molar-refractivity contribution in [1.29, 1.82) is 0 Å². The monoisotopic (exact) mass is 268 g/mol. The Labute approximate surface area is 110 Å². The van der Waals surface area contributed by atoms with Crippen LogP contribution in [0.2, 0.25) is 0 Å². The highest BCUT2D eigenvalue weighted by Gasteiger charge is 2.28. The predicted molar refractivity (Wildman–Crippen MR) is 69.2 cm³/mol. The molecule has 1 aliphatic rings. The largest absolute Gasteiger partial charge is 0.378 e. The molecule has 2 heterocycles. The van der Waals surface area contributed by atoms with Gasteiger partial charge in [0, 0.05) is 20.2 Å². The molecule has 0 bridgehead atoms. The number of amides is 1. The molecule has 1 saturated heterocycles. The number of carbonyl (C=O) groups is 2. The Hall–Kier alpha value is -1.24. The molecule has 2 atom stereocenters. The van der Waals surface area contributed by atoms with Crippen LogP contribution in [0.3, 0.4) is 0 Å². The quantitative estimate of drug-likeness (QED) is 0.788. The maximum absolute atomic E-state index is 12.0. The maximum Gasteiger partial charge on any atom is 0.261 e. The van der Waals surface area contributed by atoms with Gasteiger partial charge in [-0.25, -0.2) is 0 Å². The summed E-state index contributed by atoms with van der Waals surface area (Å²) >= 11 is 1.22. The lowest BCUT2D eigenvalue weighted by molar-refractivity contribution is 0.0782. The molecule has 0 radical (unpaired) electrons. The molecule has 5 nitrogen and oxygen atoms in total. The molecule has 2 N–H and O–H groups in total. The number of nitrogens with one attached hydrogen (secondary N) is 2. The maximum atomic E-state index is 12.0. The summed E-state index contributed by atoms with van der Waals surface area (Å²) < 4.78 is 5.28. The van der Waals surface area contributed by atoms with Crippen LogP contribution in [0.1, 0.15) is 26.3 Å². The molecule has 0 aromatic carbocycles. The highest BCUT2D eigenvalue weighted by Crippen LogP contribution is 2.17. The van der Waals surface area contributed by atoms with Gasteiger partial charge in [-0.15, -0.1) is 11.3 Å². The van der Waals surface area contributed by atoms with E-state index in [0.717, 1.165) is 6.54 Å². The van der Waals surface area contributed by atoms with Gasteiger partial charge in [-0.1, -0.05) is 0 Å². The van der Waals surface area contributed by atoms with Gasteiger partial charge in [0.15, 0.2) is 5.78 Å². The van der Waals surface area contributed by atoms with Crippen molar-refractivity contribution in [2.75, 3.05) is 20.2 Å². The molecular weight excluding hydrogens is 252 g/mol. The second-order valence-electron chi connectivity index (χ2n) is 4.23. The lowest BCUT2D eigenvalue weighted by Crippen LogP contribution is -2.43. The van der Waals surface area contributed by atoms with E-state index in [1.54, 1.807) is 19.2 Å². The van der Waals surface area contributed by atoms with Crippen LogP contribution < -0.4 is 10.6 Å². The van der Waals surface area contributed by atoms with Crippen molar-refractivity contribution in [3.05, 3.63) is 21.9 Å². The third-order valence-corrected chi connectivity index (χ3v) is 4.14. The molecule has 1 fully saturated rings. The van der Waals surface area contributed by atoms with Crippen LogP contribution in [0.25, 0.3) is 0 Å². The van der Waals surface area contributed by atoms with Crippen LogP contribution in [-0.4, -0.2) is 44.0 Å². The zero-order valence-corrected chi connectivity index (χ0v) is 11.2. The van der Waals surface area contributed by atoms with Gasteiger partial charge in [-0.3, -0.25) is 9.59 Å². The smallest absolute Gasteiger partial charge is 0.261 e. The minimum Gasteiger partial charge on any atom is -0.378 e. The lowest BCUT2D eigenvalue weighted by atomic mass is 10.2. The molecule has 0 spiro atoms. The van der Waals surface area contributed by atoms with E-state index in [-0.39, 0.29) is 23.8 Å². The van der Waals surface area contributed by atoms with Crippen molar-refractivity contribution in [2.24, 2.45) is 0 Å². The first-order chi connectivity index (χ1) is 8.61. The van der Waals surface area contributed by atoms with E-state index in [1.165, 1.54) is 18.3 Å². The number of hydrogen-bond acceptors (Lipinski definition) is 5. The third kappa shape index (κ3) is 2.77. The van der Waals surface area contributed by atoms with Crippen LogP contribution in [0.4, 0.5) is 0 Å². The van der Waals surface area contributed by atoms with Gasteiger partial charge in [-0.05, 0) is 19.1 Å². The molecule has 1 aromatic rings. The van der Waals surface area contributed by atoms with Gasteiger partial charge >= 0.3 is 0 Å². The van der Waals surface area contributed by atoms with Crippen LogP contribution >= 0.6 is 11.3 Å². The first kappa shape index (κ1) is 13.2. The minimum atomic E-state index is -0.150. The van der Waals surface area contributed by atoms with Gasteiger partial charge < -0.3 is 15.4 Å². The van der Waals surface area contributed by atoms with E-state index in [2.05, 4.69) is 10.6 Å². The standard InChI is InChI=1S/C12H16N2O3S/c1-7(15)10-3-4-11(18-10)12(16)14-8-5-13-6-9(8)17-2/h3-4,8-9,13H,5-6H2,1-2H3,(H,14,16)/t8-,9-/m0/s1. The van der Waals surface area contributed by atoms with Crippen molar-refractivity contribution < 1.29 is 14.3 Å². The number of ether oxygens (including phenoxy) is 1. The minimum absolute atomic E-state index is 0.00110. The van der Waals surface area contributed by atoms with Crippen molar-refractivity contribution in [1.82, 2.24) is 10.6 Å². The molecule has 1 aliphatic heterocycles. The molecule has 2 rings (SSSR count). The molecule has 1 aromatic heterocycles. The highest BCUT2D eigenvalue weighted by molar-refractivity contribution is 7.15. The number of methoxy groups -OCH3 is 1. The van der Waals surface area contributed by atoms with E-state index in [4.69, 9.17) is 4.74 Å². The Morgan fingerprint density at radius 3 is 2.72 bits per heavy atom. The summed E-state index contributed by atoms with van der Waals surface area (Å²) in [7, 11) is 1.63. The predicted octanol–water partition coefficient (Wildman–Crippen LogP) is 0.667. The van der Waals surface area contributed by atoms with Gasteiger partial charge in [0.2, 0.25) is 0 Å². The fourth-order valence-corrected chi connectivity index (χ4v) is 2.74. The number of ketones is 1. The molecule has 18 heavy (non-hydrogen) atoms. The zero-order valence-electron chi connectivity index (χ0n) is 10.4. The van der Waals surface area contributed by atoms with E-state index in [1.807, 2.05) is 0 Å². The van der Waals surface area contributed by atoms with Crippen LogP contribution in [-0.2, 0) is 4.74 Å². The van der Waals surface area contributed by atoms with Crippen LogP contribution in [0.15, 0.2) is 12.1 Å². The van der Waals surface area contributed by atoms with Gasteiger partial charge in [0.25, 0.3) is 5.91 Å². The van der Waals surface area contributed by atoms with Crippen molar-refractivity contribution in [2.45, 2.75) is 19.1 Å². The summed E-state index contributed by atoms with van der Waals surface area (Å²) in [5.41, 5.74) is 0. The van der Waals surface area contributed by atoms with Crippen LogP contribution in [0, 0.1) is 0 Å². The summed E-state index contributed by atoms with van der Waals surface area (Å²) in [5, 5.41) is 6.08. The normalized spacial score (nSPS) is 23.0. The second kappa shape index (κ2) is 5.60. The number of hydrogen-bond donors (Lipinski definition) is 2. The Morgan fingerprint density at radius 2 is 2.11 bits per heavy atom. The van der Waals surface area contributed by atoms with E-state index in [9.17, 15) is 9.59 Å². The average Bonchev–Trinajstić information content (AvgIpc) is 2.96. The summed E-state index contributed by atoms with van der Waals surface area (Å²) in [5.74, 6) is -0.167. The van der Waals surface area contributed by atoms with Crippen molar-refractivity contribution in [3.63, 3.8) is 0 Å². The van der Waals surface area contributed by atoms with Crippen molar-refractivity contribution in [3.8, 4) is 0 Å². The summed E-state index contributed by atoms with van der Waals surface area (Å²) in [6.45, 7) is 2.94. The molecule has 0 unspecified atom stereocenters.